The summed E-state index contributed by atoms with van der Waals surface area (Å²) in [6.45, 7) is 0.784. The number of carbonyl (C=O) groups excluding carboxylic acids is 1. The minimum Gasteiger partial charge on any atom is -0.332 e. The highest BCUT2D eigenvalue weighted by Crippen LogP contribution is 2.31. The Morgan fingerprint density at radius 2 is 1.82 bits per heavy atom. The Hall–Kier alpha value is -2.42. The van der Waals surface area contributed by atoms with Gasteiger partial charge >= 0.3 is 0 Å². The van der Waals surface area contributed by atoms with E-state index in [9.17, 15) is 9.18 Å². The molecule has 1 heterocycles. The van der Waals surface area contributed by atoms with Gasteiger partial charge in [0.15, 0.2) is 0 Å². The van der Waals surface area contributed by atoms with Crippen molar-refractivity contribution in [1.82, 2.24) is 4.90 Å². The van der Waals surface area contributed by atoms with E-state index in [1.807, 2.05) is 23.1 Å². The highest BCUT2D eigenvalue weighted by molar-refractivity contribution is 5.92. The molecule has 3 rings (SSSR count). The van der Waals surface area contributed by atoms with Crippen molar-refractivity contribution < 1.29 is 9.18 Å². The Labute approximate surface area is 129 Å². The predicted molar refractivity (Wildman–Crippen MR) is 85.6 cm³/mol. The summed E-state index contributed by atoms with van der Waals surface area (Å²) in [5, 5.41) is 0. The van der Waals surface area contributed by atoms with Gasteiger partial charge in [-0.1, -0.05) is 42.5 Å². The van der Waals surface area contributed by atoms with Crippen molar-refractivity contribution in [2.75, 3.05) is 6.54 Å². The lowest BCUT2D eigenvalue weighted by atomic mass is 10.0. The number of hydrogen-bond donors (Lipinski definition) is 0. The molecule has 3 heteroatoms. The van der Waals surface area contributed by atoms with E-state index < -0.39 is 0 Å². The van der Waals surface area contributed by atoms with Gasteiger partial charge in [0, 0.05) is 12.6 Å². The molecule has 2 aromatic rings. The molecule has 0 radical (unpaired) electrons. The number of likely N-dealkylation sites (tertiary alicyclic amines) is 1. The number of benzene rings is 2. The van der Waals surface area contributed by atoms with Crippen LogP contribution in [0.5, 0.6) is 0 Å². The lowest BCUT2D eigenvalue weighted by Crippen LogP contribution is -2.28. The first-order chi connectivity index (χ1) is 10.7. The van der Waals surface area contributed by atoms with Crippen molar-refractivity contribution in [3.8, 4) is 0 Å². The SMILES string of the molecule is O=C(C=Cc1ccc(F)cc1)N1CCCC1c1ccccc1. The van der Waals surface area contributed by atoms with E-state index in [-0.39, 0.29) is 17.8 Å². The van der Waals surface area contributed by atoms with Gasteiger partial charge in [-0.15, -0.1) is 0 Å². The summed E-state index contributed by atoms with van der Waals surface area (Å²) >= 11 is 0. The summed E-state index contributed by atoms with van der Waals surface area (Å²) in [5.74, 6) is -0.261. The van der Waals surface area contributed by atoms with Crippen molar-refractivity contribution in [3.63, 3.8) is 0 Å². The van der Waals surface area contributed by atoms with E-state index in [0.717, 1.165) is 24.9 Å². The number of hydrogen-bond acceptors (Lipinski definition) is 1. The molecule has 0 spiro atoms. The fraction of sp³-hybridized carbons (Fsp3) is 0.211. The Morgan fingerprint density at radius 3 is 2.55 bits per heavy atom. The molecule has 1 amide bonds. The maximum atomic E-state index is 12.9. The summed E-state index contributed by atoms with van der Waals surface area (Å²) in [5.41, 5.74) is 2.01. The monoisotopic (exact) mass is 295 g/mol. The molecule has 0 aliphatic carbocycles. The van der Waals surface area contributed by atoms with Crippen LogP contribution in [-0.2, 0) is 4.79 Å². The van der Waals surface area contributed by atoms with Crippen LogP contribution in [0.1, 0.15) is 30.0 Å². The van der Waals surface area contributed by atoms with Crippen LogP contribution in [0.15, 0.2) is 60.7 Å². The molecular formula is C19H18FNO. The van der Waals surface area contributed by atoms with Gasteiger partial charge in [-0.3, -0.25) is 4.79 Å². The van der Waals surface area contributed by atoms with E-state index in [1.165, 1.54) is 17.7 Å². The minimum atomic E-state index is -0.271. The van der Waals surface area contributed by atoms with Crippen molar-refractivity contribution in [2.24, 2.45) is 0 Å². The third-order valence-corrected chi connectivity index (χ3v) is 4.01. The number of amides is 1. The first-order valence-electron chi connectivity index (χ1n) is 7.53. The lowest BCUT2D eigenvalue weighted by Gasteiger charge is -2.23. The second-order valence-electron chi connectivity index (χ2n) is 5.49. The van der Waals surface area contributed by atoms with Gasteiger partial charge < -0.3 is 4.90 Å². The Bertz CT molecular complexity index is 664. The van der Waals surface area contributed by atoms with E-state index >= 15 is 0 Å². The molecular weight excluding hydrogens is 277 g/mol. The topological polar surface area (TPSA) is 20.3 Å². The van der Waals surface area contributed by atoms with Crippen LogP contribution in [0.2, 0.25) is 0 Å². The van der Waals surface area contributed by atoms with Gasteiger partial charge in [0.2, 0.25) is 5.91 Å². The van der Waals surface area contributed by atoms with Gasteiger partial charge in [0.1, 0.15) is 5.82 Å². The standard InChI is InChI=1S/C19H18FNO/c20-17-11-8-15(9-12-17)10-13-19(22)21-14-4-7-18(21)16-5-2-1-3-6-16/h1-3,5-6,8-13,18H,4,7,14H2. The van der Waals surface area contributed by atoms with Gasteiger partial charge in [-0.25, -0.2) is 4.39 Å². The molecule has 1 unspecified atom stereocenters. The molecule has 0 aromatic heterocycles. The normalized spacial score (nSPS) is 18.0. The molecule has 1 aliphatic rings. The number of rotatable bonds is 3. The summed E-state index contributed by atoms with van der Waals surface area (Å²) in [7, 11) is 0. The zero-order valence-corrected chi connectivity index (χ0v) is 12.3. The first kappa shape index (κ1) is 14.5. The Morgan fingerprint density at radius 1 is 1.09 bits per heavy atom. The smallest absolute Gasteiger partial charge is 0.247 e. The zero-order valence-electron chi connectivity index (χ0n) is 12.3. The van der Waals surface area contributed by atoms with Crippen molar-refractivity contribution >= 4 is 12.0 Å². The van der Waals surface area contributed by atoms with Crippen LogP contribution in [-0.4, -0.2) is 17.4 Å². The second kappa shape index (κ2) is 6.56. The van der Waals surface area contributed by atoms with Crippen LogP contribution < -0.4 is 0 Å². The molecule has 112 valence electrons. The molecule has 2 aromatic carbocycles. The molecule has 1 fully saturated rings. The van der Waals surface area contributed by atoms with E-state index in [1.54, 1.807) is 24.3 Å². The molecule has 0 bridgehead atoms. The maximum absolute atomic E-state index is 12.9. The molecule has 2 nitrogen and oxygen atoms in total. The summed E-state index contributed by atoms with van der Waals surface area (Å²) in [6.07, 6.45) is 5.34. The number of halogens is 1. The molecule has 1 aliphatic heterocycles. The van der Waals surface area contributed by atoms with Crippen LogP contribution in [0.3, 0.4) is 0 Å². The van der Waals surface area contributed by atoms with Crippen LogP contribution in [0.4, 0.5) is 4.39 Å². The number of nitrogens with zero attached hydrogens (tertiary/aromatic N) is 1. The lowest BCUT2D eigenvalue weighted by molar-refractivity contribution is -0.126. The highest BCUT2D eigenvalue weighted by atomic mass is 19.1. The van der Waals surface area contributed by atoms with E-state index in [2.05, 4.69) is 12.1 Å². The van der Waals surface area contributed by atoms with Crippen LogP contribution in [0, 0.1) is 5.82 Å². The largest absolute Gasteiger partial charge is 0.332 e. The average molecular weight is 295 g/mol. The van der Waals surface area contributed by atoms with Gasteiger partial charge in [-0.05, 0) is 42.2 Å². The summed E-state index contributed by atoms with van der Waals surface area (Å²) < 4.78 is 12.9. The molecule has 22 heavy (non-hydrogen) atoms. The summed E-state index contributed by atoms with van der Waals surface area (Å²) in [4.78, 5) is 14.3. The third kappa shape index (κ3) is 3.25. The average Bonchev–Trinajstić information content (AvgIpc) is 3.04. The first-order valence-corrected chi connectivity index (χ1v) is 7.53. The number of carbonyl (C=O) groups is 1. The van der Waals surface area contributed by atoms with E-state index in [0.29, 0.717) is 0 Å². The van der Waals surface area contributed by atoms with Crippen molar-refractivity contribution in [2.45, 2.75) is 18.9 Å². The third-order valence-electron chi connectivity index (χ3n) is 4.01. The second-order valence-corrected chi connectivity index (χ2v) is 5.49. The molecule has 1 atom stereocenters. The van der Waals surface area contributed by atoms with Gasteiger partial charge in [0.05, 0.1) is 6.04 Å². The van der Waals surface area contributed by atoms with Gasteiger partial charge in [-0.2, -0.15) is 0 Å². The Balaban J connectivity index is 1.72. The minimum absolute atomic E-state index is 0.00989. The quantitative estimate of drug-likeness (QED) is 0.777. The zero-order chi connectivity index (χ0) is 15.4. The van der Waals surface area contributed by atoms with Gasteiger partial charge in [0.25, 0.3) is 0 Å². The molecule has 0 N–H and O–H groups in total. The molecule has 0 saturated carbocycles. The molecule has 1 saturated heterocycles. The van der Waals surface area contributed by atoms with Crippen molar-refractivity contribution in [3.05, 3.63) is 77.6 Å². The Kier molecular flexibility index (Phi) is 4.33. The van der Waals surface area contributed by atoms with E-state index in [4.69, 9.17) is 0 Å². The van der Waals surface area contributed by atoms with Crippen LogP contribution in [0.25, 0.3) is 6.08 Å². The summed E-state index contributed by atoms with van der Waals surface area (Å²) in [6, 6.07) is 16.4. The highest BCUT2D eigenvalue weighted by Gasteiger charge is 2.28. The predicted octanol–water partition coefficient (Wildman–Crippen LogP) is 4.20. The fourth-order valence-electron chi connectivity index (χ4n) is 2.89. The maximum Gasteiger partial charge on any atom is 0.247 e. The van der Waals surface area contributed by atoms with Crippen molar-refractivity contribution in [1.29, 1.82) is 0 Å². The van der Waals surface area contributed by atoms with Crippen LogP contribution >= 0.6 is 0 Å². The fourth-order valence-corrected chi connectivity index (χ4v) is 2.89.